The van der Waals surface area contributed by atoms with Crippen molar-refractivity contribution in [3.05, 3.63) is 0 Å². The van der Waals surface area contributed by atoms with Crippen LogP contribution in [-0.4, -0.2) is 58.5 Å². The van der Waals surface area contributed by atoms with Crippen LogP contribution in [0.2, 0.25) is 36.3 Å². The van der Waals surface area contributed by atoms with E-state index in [0.29, 0.717) is 13.0 Å². The summed E-state index contributed by atoms with van der Waals surface area (Å²) < 4.78 is 30.9. The average molecular weight is 453 g/mol. The standard InChI is InChI=1S/C20H44O5SSi2/c1-18(2,3)27(8,9)17(21)15-14-20(22,26(7,23)24)16(15)12-13-25-28(10,11)19(4,5)6/h15-17,21-22H,12-14H2,1-11H3. The van der Waals surface area contributed by atoms with Crippen molar-refractivity contribution in [2.45, 2.75) is 101 Å². The molecule has 1 rings (SSSR count). The molecule has 4 unspecified atom stereocenters. The molecule has 0 amide bonds. The van der Waals surface area contributed by atoms with Gasteiger partial charge in [0, 0.05) is 24.5 Å². The van der Waals surface area contributed by atoms with E-state index < -0.39 is 42.8 Å². The minimum atomic E-state index is -3.64. The molecule has 1 fully saturated rings. The van der Waals surface area contributed by atoms with Gasteiger partial charge in [-0.1, -0.05) is 54.6 Å². The molecule has 0 aromatic carbocycles. The van der Waals surface area contributed by atoms with E-state index in [1.165, 1.54) is 0 Å². The lowest BCUT2D eigenvalue weighted by Gasteiger charge is -2.56. The van der Waals surface area contributed by atoms with Gasteiger partial charge in [-0.3, -0.25) is 0 Å². The lowest BCUT2D eigenvalue weighted by Crippen LogP contribution is -2.67. The van der Waals surface area contributed by atoms with Crippen LogP contribution >= 0.6 is 0 Å². The normalized spacial score (nSPS) is 28.8. The van der Waals surface area contributed by atoms with Gasteiger partial charge in [0.25, 0.3) is 0 Å². The number of hydrogen-bond acceptors (Lipinski definition) is 5. The lowest BCUT2D eigenvalue weighted by atomic mass is 9.69. The summed E-state index contributed by atoms with van der Waals surface area (Å²) in [4.78, 5) is -1.75. The molecule has 0 aliphatic heterocycles. The van der Waals surface area contributed by atoms with Gasteiger partial charge < -0.3 is 14.6 Å². The summed E-state index contributed by atoms with van der Waals surface area (Å²) in [7, 11) is -7.69. The summed E-state index contributed by atoms with van der Waals surface area (Å²) in [5.74, 6) is -0.694. The maximum absolute atomic E-state index is 12.3. The van der Waals surface area contributed by atoms with E-state index in [9.17, 15) is 18.6 Å². The second kappa shape index (κ2) is 7.75. The highest BCUT2D eigenvalue weighted by Crippen LogP contribution is 2.54. The van der Waals surface area contributed by atoms with Gasteiger partial charge in [-0.15, -0.1) is 0 Å². The highest BCUT2D eigenvalue weighted by molar-refractivity contribution is 7.92. The Balaban J connectivity index is 3.06. The van der Waals surface area contributed by atoms with Crippen molar-refractivity contribution in [1.82, 2.24) is 0 Å². The first kappa shape index (κ1) is 26.3. The Bertz CT molecular complexity index is 661. The van der Waals surface area contributed by atoms with Crippen LogP contribution in [0.3, 0.4) is 0 Å². The molecule has 0 aromatic heterocycles. The number of rotatable bonds is 7. The van der Waals surface area contributed by atoms with Crippen LogP contribution in [0.5, 0.6) is 0 Å². The minimum Gasteiger partial charge on any atom is -0.417 e. The van der Waals surface area contributed by atoms with Crippen LogP contribution < -0.4 is 0 Å². The van der Waals surface area contributed by atoms with Crippen molar-refractivity contribution in [1.29, 1.82) is 0 Å². The van der Waals surface area contributed by atoms with Crippen LogP contribution in [0.4, 0.5) is 0 Å². The van der Waals surface area contributed by atoms with Gasteiger partial charge in [-0.25, -0.2) is 8.42 Å². The molecule has 0 spiro atoms. The molecule has 8 heteroatoms. The fraction of sp³-hybridized carbons (Fsp3) is 1.00. The Morgan fingerprint density at radius 1 is 1.07 bits per heavy atom. The Morgan fingerprint density at radius 2 is 1.54 bits per heavy atom. The number of sulfone groups is 1. The summed E-state index contributed by atoms with van der Waals surface area (Å²) in [6.07, 6.45) is 1.67. The molecule has 0 heterocycles. The summed E-state index contributed by atoms with van der Waals surface area (Å²) >= 11 is 0. The highest BCUT2D eigenvalue weighted by Gasteiger charge is 2.63. The molecular formula is C20H44O5SSi2. The summed E-state index contributed by atoms with van der Waals surface area (Å²) in [6, 6.07) is 0. The second-order valence-electron chi connectivity index (χ2n) is 11.9. The van der Waals surface area contributed by atoms with Crippen molar-refractivity contribution in [2.24, 2.45) is 11.8 Å². The zero-order chi connectivity index (χ0) is 22.6. The Labute approximate surface area is 175 Å². The summed E-state index contributed by atoms with van der Waals surface area (Å²) in [5, 5.41) is 22.2. The number of hydrogen-bond donors (Lipinski definition) is 2. The van der Waals surface area contributed by atoms with Gasteiger partial charge in [0.15, 0.2) is 23.1 Å². The zero-order valence-corrected chi connectivity index (χ0v) is 22.7. The highest BCUT2D eigenvalue weighted by atomic mass is 32.2. The van der Waals surface area contributed by atoms with Gasteiger partial charge in [-0.2, -0.15) is 0 Å². The molecule has 0 aromatic rings. The van der Waals surface area contributed by atoms with Gasteiger partial charge in [0.05, 0.1) is 8.07 Å². The van der Waals surface area contributed by atoms with Crippen molar-refractivity contribution in [3.63, 3.8) is 0 Å². The van der Waals surface area contributed by atoms with Crippen LogP contribution in [0.1, 0.15) is 54.4 Å². The topological polar surface area (TPSA) is 83.8 Å². The maximum atomic E-state index is 12.3. The smallest absolute Gasteiger partial charge is 0.191 e. The predicted molar refractivity (Wildman–Crippen MR) is 122 cm³/mol. The van der Waals surface area contributed by atoms with Crippen molar-refractivity contribution < 1.29 is 23.1 Å². The monoisotopic (exact) mass is 452 g/mol. The number of aliphatic hydroxyl groups is 2. The van der Waals surface area contributed by atoms with Gasteiger partial charge in [-0.05, 0) is 41.9 Å². The second-order valence-corrected chi connectivity index (χ2v) is 24.5. The fourth-order valence-electron chi connectivity index (χ4n) is 3.64. The van der Waals surface area contributed by atoms with E-state index in [1.807, 2.05) is 0 Å². The van der Waals surface area contributed by atoms with Gasteiger partial charge in [0.1, 0.15) is 0 Å². The predicted octanol–water partition coefficient (Wildman–Crippen LogP) is 4.18. The average Bonchev–Trinajstić information content (AvgIpc) is 2.44. The first-order valence-corrected chi connectivity index (χ1v) is 18.2. The molecule has 5 nitrogen and oxygen atoms in total. The lowest BCUT2D eigenvalue weighted by molar-refractivity contribution is -0.108. The van der Waals surface area contributed by atoms with E-state index in [1.54, 1.807) is 0 Å². The van der Waals surface area contributed by atoms with E-state index in [4.69, 9.17) is 4.43 Å². The molecule has 28 heavy (non-hydrogen) atoms. The van der Waals surface area contributed by atoms with Gasteiger partial charge in [0.2, 0.25) is 0 Å². The molecule has 1 aliphatic rings. The van der Waals surface area contributed by atoms with Crippen molar-refractivity contribution in [3.8, 4) is 0 Å². The third-order valence-electron chi connectivity index (χ3n) is 8.04. The van der Waals surface area contributed by atoms with Crippen LogP contribution in [0, 0.1) is 11.8 Å². The molecule has 4 atom stereocenters. The molecule has 1 aliphatic carbocycles. The molecule has 1 saturated carbocycles. The number of aliphatic hydroxyl groups excluding tert-OH is 1. The quantitative estimate of drug-likeness (QED) is 0.566. The van der Waals surface area contributed by atoms with E-state index in [2.05, 4.69) is 67.7 Å². The Hall–Kier alpha value is 0.264. The van der Waals surface area contributed by atoms with E-state index in [0.717, 1.165) is 6.26 Å². The largest absolute Gasteiger partial charge is 0.417 e. The zero-order valence-electron chi connectivity index (χ0n) is 19.9. The fourth-order valence-corrected chi connectivity index (χ4v) is 8.35. The molecule has 168 valence electrons. The Kier molecular flexibility index (Phi) is 7.28. The van der Waals surface area contributed by atoms with Crippen molar-refractivity contribution >= 4 is 26.2 Å². The van der Waals surface area contributed by atoms with E-state index in [-0.39, 0.29) is 22.4 Å². The van der Waals surface area contributed by atoms with Crippen molar-refractivity contribution in [2.75, 3.05) is 12.9 Å². The SMILES string of the molecule is CC(C)(C)[Si](C)(C)OCCC1C(C(O)[Si](C)(C)C(C)(C)C)CC1(O)S(C)(=O)=O. The summed E-state index contributed by atoms with van der Waals surface area (Å²) in [5.41, 5.74) is -0.563. The first-order valence-electron chi connectivity index (χ1n) is 10.3. The summed E-state index contributed by atoms with van der Waals surface area (Å²) in [6.45, 7) is 22.0. The van der Waals surface area contributed by atoms with Crippen LogP contribution in [0.25, 0.3) is 0 Å². The van der Waals surface area contributed by atoms with Crippen LogP contribution in [0.15, 0.2) is 0 Å². The molecular weight excluding hydrogens is 408 g/mol. The molecule has 0 saturated heterocycles. The molecule has 2 N–H and O–H groups in total. The maximum Gasteiger partial charge on any atom is 0.191 e. The van der Waals surface area contributed by atoms with Crippen LogP contribution in [-0.2, 0) is 14.3 Å². The third kappa shape index (κ3) is 4.77. The molecule has 0 bridgehead atoms. The Morgan fingerprint density at radius 3 is 1.89 bits per heavy atom. The molecule has 0 radical (unpaired) electrons. The first-order chi connectivity index (χ1) is 12.1. The third-order valence-corrected chi connectivity index (χ3v) is 20.1. The minimum absolute atomic E-state index is 0.0204. The van der Waals surface area contributed by atoms with Gasteiger partial charge >= 0.3 is 0 Å². The van der Waals surface area contributed by atoms with E-state index >= 15 is 0 Å².